The van der Waals surface area contributed by atoms with Crippen molar-refractivity contribution < 1.29 is 19.6 Å². The number of aliphatic hydroxyl groups is 1. The third-order valence-corrected chi connectivity index (χ3v) is 3.02. The summed E-state index contributed by atoms with van der Waals surface area (Å²) in [5, 5.41) is 23.2. The molecule has 1 aromatic carbocycles. The van der Waals surface area contributed by atoms with E-state index < -0.39 is 11.0 Å². The number of aliphatic hydroxyl groups excluding tert-OH is 1. The predicted octanol–water partition coefficient (Wildman–Crippen LogP) is 1.93. The summed E-state index contributed by atoms with van der Waals surface area (Å²) >= 11 is 3.15. The van der Waals surface area contributed by atoms with E-state index in [2.05, 4.69) is 21.2 Å². The highest BCUT2D eigenvalue weighted by Gasteiger charge is 2.23. The number of carbonyl (C=O) groups excluding carboxylic acids is 1. The lowest BCUT2D eigenvalue weighted by Crippen LogP contribution is -2.20. The number of nitrogens with one attached hydrogen (secondary N) is 1. The summed E-state index contributed by atoms with van der Waals surface area (Å²) < 4.78 is 5.81. The quantitative estimate of drug-likeness (QED) is 0.605. The van der Waals surface area contributed by atoms with Crippen molar-refractivity contribution in [2.45, 2.75) is 19.4 Å². The van der Waals surface area contributed by atoms with Gasteiger partial charge in [0.05, 0.1) is 24.1 Å². The first kappa shape index (κ1) is 16.4. The molecule has 0 heterocycles. The van der Waals surface area contributed by atoms with Gasteiger partial charge in [-0.25, -0.2) is 0 Å². The Hall–Kier alpha value is -1.67. The average Bonchev–Trinajstić information content (AvgIpc) is 2.38. The summed E-state index contributed by atoms with van der Waals surface area (Å²) in [6.07, 6.45) is -0.857. The molecule has 8 heteroatoms. The van der Waals surface area contributed by atoms with Crippen LogP contribution in [0.15, 0.2) is 16.6 Å². The van der Waals surface area contributed by atoms with Gasteiger partial charge in [0.2, 0.25) is 11.7 Å². The van der Waals surface area contributed by atoms with E-state index in [4.69, 9.17) is 4.74 Å². The Labute approximate surface area is 124 Å². The molecule has 0 spiro atoms. The molecule has 0 saturated carbocycles. The lowest BCUT2D eigenvalue weighted by molar-refractivity contribution is -0.386. The Morgan fingerprint density at radius 2 is 2.25 bits per heavy atom. The smallest absolute Gasteiger partial charge is 0.312 e. The Morgan fingerprint density at radius 1 is 1.60 bits per heavy atom. The lowest BCUT2D eigenvalue weighted by Gasteiger charge is -2.14. The van der Waals surface area contributed by atoms with Crippen LogP contribution in [0.5, 0.6) is 5.75 Å². The number of ether oxygens (including phenoxy) is 1. The Balaban J connectivity index is 3.07. The van der Waals surface area contributed by atoms with Crippen LogP contribution in [0.25, 0.3) is 0 Å². The molecule has 20 heavy (non-hydrogen) atoms. The second-order valence-corrected chi connectivity index (χ2v) is 4.96. The molecule has 0 aliphatic heterocycles. The standard InChI is InChI=1S/C12H15BrN2O5/c1-7(16)9-5-8(13)6-10(15(18)19)12(9)20-4-3-11(17)14-2/h5-7,16H,3-4H2,1-2H3,(H,14,17). The summed E-state index contributed by atoms with van der Waals surface area (Å²) in [4.78, 5) is 21.6. The van der Waals surface area contributed by atoms with Crippen LogP contribution in [-0.2, 0) is 4.79 Å². The van der Waals surface area contributed by atoms with Crippen molar-refractivity contribution in [1.82, 2.24) is 5.32 Å². The second-order valence-electron chi connectivity index (χ2n) is 4.05. The van der Waals surface area contributed by atoms with Crippen molar-refractivity contribution in [3.63, 3.8) is 0 Å². The molecule has 0 aliphatic carbocycles. The molecule has 2 N–H and O–H groups in total. The predicted molar refractivity (Wildman–Crippen MR) is 75.6 cm³/mol. The van der Waals surface area contributed by atoms with Gasteiger partial charge in [-0.3, -0.25) is 14.9 Å². The maximum absolute atomic E-state index is 11.1. The number of hydrogen-bond donors (Lipinski definition) is 2. The largest absolute Gasteiger partial charge is 0.486 e. The number of amides is 1. The molecule has 0 saturated heterocycles. The highest BCUT2D eigenvalue weighted by molar-refractivity contribution is 9.10. The van der Waals surface area contributed by atoms with Crippen molar-refractivity contribution in [3.8, 4) is 5.75 Å². The molecule has 1 amide bonds. The fraction of sp³-hybridized carbons (Fsp3) is 0.417. The minimum atomic E-state index is -0.929. The van der Waals surface area contributed by atoms with E-state index in [1.165, 1.54) is 20.0 Å². The van der Waals surface area contributed by atoms with E-state index in [1.54, 1.807) is 6.07 Å². The van der Waals surface area contributed by atoms with Gasteiger partial charge in [-0.15, -0.1) is 0 Å². The maximum Gasteiger partial charge on any atom is 0.312 e. The molecular formula is C12H15BrN2O5. The van der Waals surface area contributed by atoms with Gasteiger partial charge in [0.15, 0.2) is 0 Å². The zero-order valence-electron chi connectivity index (χ0n) is 11.1. The Kier molecular flexibility index (Phi) is 5.90. The molecule has 110 valence electrons. The van der Waals surface area contributed by atoms with Crippen LogP contribution in [0.2, 0.25) is 0 Å². The van der Waals surface area contributed by atoms with Crippen molar-refractivity contribution in [3.05, 3.63) is 32.3 Å². The van der Waals surface area contributed by atoms with E-state index in [0.717, 1.165) is 0 Å². The van der Waals surface area contributed by atoms with Gasteiger partial charge in [0.1, 0.15) is 0 Å². The molecule has 1 rings (SSSR count). The summed E-state index contributed by atoms with van der Waals surface area (Å²) in [6.45, 7) is 1.47. The average molecular weight is 347 g/mol. The molecule has 0 fully saturated rings. The summed E-state index contributed by atoms with van der Waals surface area (Å²) in [5.41, 5.74) is 0.0372. The number of benzene rings is 1. The van der Waals surface area contributed by atoms with E-state index in [9.17, 15) is 20.0 Å². The first-order valence-corrected chi connectivity index (χ1v) is 6.65. The van der Waals surface area contributed by atoms with Gasteiger partial charge in [-0.1, -0.05) is 15.9 Å². The normalized spacial score (nSPS) is 11.8. The molecular weight excluding hydrogens is 332 g/mol. The van der Waals surface area contributed by atoms with Crippen LogP contribution in [0, 0.1) is 10.1 Å². The number of nitro benzene ring substituents is 1. The molecule has 0 aliphatic rings. The molecule has 0 radical (unpaired) electrons. The van der Waals surface area contributed by atoms with Crippen LogP contribution in [-0.4, -0.2) is 29.6 Å². The highest BCUT2D eigenvalue weighted by Crippen LogP contribution is 2.37. The first-order valence-electron chi connectivity index (χ1n) is 5.86. The zero-order valence-corrected chi connectivity index (χ0v) is 12.6. The van der Waals surface area contributed by atoms with Crippen molar-refractivity contribution >= 4 is 27.5 Å². The van der Waals surface area contributed by atoms with Gasteiger partial charge in [0.25, 0.3) is 0 Å². The third kappa shape index (κ3) is 4.17. The number of rotatable bonds is 6. The van der Waals surface area contributed by atoms with E-state index in [-0.39, 0.29) is 30.4 Å². The molecule has 7 nitrogen and oxygen atoms in total. The van der Waals surface area contributed by atoms with Crippen LogP contribution in [0.1, 0.15) is 25.0 Å². The third-order valence-electron chi connectivity index (χ3n) is 2.56. The molecule has 1 aromatic rings. The molecule has 1 unspecified atom stereocenters. The number of nitrogens with zero attached hydrogens (tertiary/aromatic N) is 1. The fourth-order valence-corrected chi connectivity index (χ4v) is 2.04. The summed E-state index contributed by atoms with van der Waals surface area (Å²) in [6, 6.07) is 2.84. The van der Waals surface area contributed by atoms with Crippen molar-refractivity contribution in [1.29, 1.82) is 0 Å². The van der Waals surface area contributed by atoms with Crippen LogP contribution >= 0.6 is 15.9 Å². The van der Waals surface area contributed by atoms with Gasteiger partial charge in [-0.2, -0.15) is 0 Å². The van der Waals surface area contributed by atoms with E-state index >= 15 is 0 Å². The summed E-state index contributed by atoms with van der Waals surface area (Å²) in [7, 11) is 1.49. The number of halogens is 1. The first-order chi connectivity index (χ1) is 9.36. The fourth-order valence-electron chi connectivity index (χ4n) is 1.57. The van der Waals surface area contributed by atoms with E-state index in [0.29, 0.717) is 10.0 Å². The minimum absolute atomic E-state index is 0.0120. The number of nitro groups is 1. The van der Waals surface area contributed by atoms with Crippen LogP contribution in [0.4, 0.5) is 5.69 Å². The van der Waals surface area contributed by atoms with Gasteiger partial charge in [0, 0.05) is 23.2 Å². The van der Waals surface area contributed by atoms with Crippen molar-refractivity contribution in [2.24, 2.45) is 0 Å². The van der Waals surface area contributed by atoms with Crippen molar-refractivity contribution in [2.75, 3.05) is 13.7 Å². The number of hydrogen-bond acceptors (Lipinski definition) is 5. The molecule has 0 aromatic heterocycles. The second kappa shape index (κ2) is 7.20. The Morgan fingerprint density at radius 3 is 2.75 bits per heavy atom. The van der Waals surface area contributed by atoms with Gasteiger partial charge in [-0.05, 0) is 13.0 Å². The monoisotopic (exact) mass is 346 g/mol. The molecule has 1 atom stereocenters. The topological polar surface area (TPSA) is 102 Å². The molecule has 0 bridgehead atoms. The highest BCUT2D eigenvalue weighted by atomic mass is 79.9. The lowest BCUT2D eigenvalue weighted by atomic mass is 10.1. The number of carbonyl (C=O) groups is 1. The van der Waals surface area contributed by atoms with Gasteiger partial charge < -0.3 is 15.2 Å². The Bertz CT molecular complexity index is 519. The van der Waals surface area contributed by atoms with Crippen LogP contribution in [0.3, 0.4) is 0 Å². The summed E-state index contributed by atoms with van der Waals surface area (Å²) in [5.74, 6) is -0.250. The van der Waals surface area contributed by atoms with E-state index in [1.807, 2.05) is 0 Å². The zero-order chi connectivity index (χ0) is 15.3. The maximum atomic E-state index is 11.1. The SMILES string of the molecule is CNC(=O)CCOc1c(C(C)O)cc(Br)cc1[N+](=O)[O-]. The minimum Gasteiger partial charge on any atom is -0.486 e. The van der Waals surface area contributed by atoms with Crippen LogP contribution < -0.4 is 10.1 Å². The van der Waals surface area contributed by atoms with Gasteiger partial charge >= 0.3 is 5.69 Å².